The Kier molecular flexibility index (Phi) is 5.61. The number of hydrogen-bond donors (Lipinski definition) is 2. The third-order valence-electron chi connectivity index (χ3n) is 3.54. The van der Waals surface area contributed by atoms with Crippen molar-refractivity contribution in [1.82, 2.24) is 5.32 Å². The summed E-state index contributed by atoms with van der Waals surface area (Å²) in [4.78, 5) is 47.9. The molecule has 0 bridgehead atoms. The highest BCUT2D eigenvalue weighted by molar-refractivity contribution is 8.00. The van der Waals surface area contributed by atoms with Crippen molar-refractivity contribution < 1.29 is 24.3 Å². The van der Waals surface area contributed by atoms with E-state index in [1.807, 2.05) is 19.1 Å². The summed E-state index contributed by atoms with van der Waals surface area (Å²) in [5, 5.41) is 10.7. The van der Waals surface area contributed by atoms with Gasteiger partial charge in [-0.2, -0.15) is 0 Å². The molecule has 2 N–H and O–H groups in total. The molecular formula is C16H18N2O5S. The van der Waals surface area contributed by atoms with Gasteiger partial charge in [0.05, 0.1) is 10.9 Å². The highest BCUT2D eigenvalue weighted by Gasteiger charge is 2.40. The fourth-order valence-corrected chi connectivity index (χ4v) is 3.49. The summed E-state index contributed by atoms with van der Waals surface area (Å²) in [6.45, 7) is 3.13. The minimum Gasteiger partial charge on any atom is -0.480 e. The van der Waals surface area contributed by atoms with Crippen molar-refractivity contribution in [3.05, 3.63) is 29.8 Å². The molecule has 24 heavy (non-hydrogen) atoms. The SMILES string of the molecule is CC(=O)N[C@@H](CS[C@@H]1CC(=O)N(c2ccc(C)cc2)C1=O)C(=O)O. The number of hydrogen-bond acceptors (Lipinski definition) is 5. The van der Waals surface area contributed by atoms with E-state index in [0.717, 1.165) is 22.2 Å². The summed E-state index contributed by atoms with van der Waals surface area (Å²) >= 11 is 1.07. The van der Waals surface area contributed by atoms with Crippen molar-refractivity contribution in [2.24, 2.45) is 0 Å². The number of carboxylic acids is 1. The predicted octanol–water partition coefficient (Wildman–Crippen LogP) is 0.949. The number of anilines is 1. The number of nitrogens with one attached hydrogen (secondary N) is 1. The second-order valence-corrected chi connectivity index (χ2v) is 6.76. The quantitative estimate of drug-likeness (QED) is 0.740. The van der Waals surface area contributed by atoms with Crippen LogP contribution in [0.3, 0.4) is 0 Å². The van der Waals surface area contributed by atoms with Gasteiger partial charge in [0.25, 0.3) is 0 Å². The van der Waals surface area contributed by atoms with Gasteiger partial charge < -0.3 is 10.4 Å². The maximum Gasteiger partial charge on any atom is 0.327 e. The minimum absolute atomic E-state index is 0.0142. The number of aliphatic carboxylic acids is 1. The Morgan fingerprint density at radius 1 is 1.33 bits per heavy atom. The lowest BCUT2D eigenvalue weighted by atomic mass is 10.2. The zero-order valence-electron chi connectivity index (χ0n) is 13.3. The third-order valence-corrected chi connectivity index (χ3v) is 4.83. The summed E-state index contributed by atoms with van der Waals surface area (Å²) < 4.78 is 0. The van der Waals surface area contributed by atoms with E-state index >= 15 is 0 Å². The van der Waals surface area contributed by atoms with Crippen LogP contribution in [-0.2, 0) is 19.2 Å². The number of carbonyl (C=O) groups is 4. The fraction of sp³-hybridized carbons (Fsp3) is 0.375. The van der Waals surface area contributed by atoms with E-state index in [-0.39, 0.29) is 24.0 Å². The maximum absolute atomic E-state index is 12.5. The maximum atomic E-state index is 12.5. The number of amides is 3. The van der Waals surface area contributed by atoms with Crippen molar-refractivity contribution in [3.8, 4) is 0 Å². The van der Waals surface area contributed by atoms with Gasteiger partial charge in [-0.25, -0.2) is 9.69 Å². The van der Waals surface area contributed by atoms with Gasteiger partial charge in [-0.1, -0.05) is 17.7 Å². The van der Waals surface area contributed by atoms with E-state index in [9.17, 15) is 19.2 Å². The normalized spacial score (nSPS) is 18.6. The lowest BCUT2D eigenvalue weighted by Crippen LogP contribution is -2.42. The topological polar surface area (TPSA) is 104 Å². The summed E-state index contributed by atoms with van der Waals surface area (Å²) in [6.07, 6.45) is 0.0176. The molecule has 1 aliphatic heterocycles. The molecule has 0 saturated carbocycles. The van der Waals surface area contributed by atoms with Crippen LogP contribution in [0.25, 0.3) is 0 Å². The van der Waals surface area contributed by atoms with Gasteiger partial charge in [0.15, 0.2) is 0 Å². The predicted molar refractivity (Wildman–Crippen MR) is 89.8 cm³/mol. The number of rotatable bonds is 6. The zero-order chi connectivity index (χ0) is 17.9. The number of aryl methyl sites for hydroxylation is 1. The highest BCUT2D eigenvalue weighted by Crippen LogP contribution is 2.30. The van der Waals surface area contributed by atoms with E-state index in [1.54, 1.807) is 12.1 Å². The number of thioether (sulfide) groups is 1. The van der Waals surface area contributed by atoms with Crippen LogP contribution in [0.1, 0.15) is 18.9 Å². The molecule has 0 spiro atoms. The molecule has 2 atom stereocenters. The molecule has 1 saturated heterocycles. The minimum atomic E-state index is -1.18. The van der Waals surface area contributed by atoms with Crippen molar-refractivity contribution in [2.75, 3.05) is 10.7 Å². The number of imide groups is 1. The molecule has 0 unspecified atom stereocenters. The van der Waals surface area contributed by atoms with Gasteiger partial charge in [0.2, 0.25) is 17.7 Å². The summed E-state index contributed by atoms with van der Waals surface area (Å²) in [5.74, 6) is -2.29. The molecule has 1 aromatic rings. The standard InChI is InChI=1S/C16H18N2O5S/c1-9-3-5-11(6-4-9)18-14(20)7-13(15(18)21)24-8-12(16(22)23)17-10(2)19/h3-6,12-13H,7-8H2,1-2H3,(H,17,19)(H,22,23)/t12-,13+/m0/s1. The van der Waals surface area contributed by atoms with Crippen LogP contribution in [0, 0.1) is 6.92 Å². The van der Waals surface area contributed by atoms with Gasteiger partial charge in [-0.3, -0.25) is 14.4 Å². The molecule has 128 valence electrons. The second-order valence-electron chi connectivity index (χ2n) is 5.52. The first-order chi connectivity index (χ1) is 11.3. The number of carbonyl (C=O) groups excluding carboxylic acids is 3. The van der Waals surface area contributed by atoms with Crippen LogP contribution in [0.4, 0.5) is 5.69 Å². The average molecular weight is 350 g/mol. The lowest BCUT2D eigenvalue weighted by molar-refractivity contribution is -0.140. The molecule has 1 aliphatic rings. The highest BCUT2D eigenvalue weighted by atomic mass is 32.2. The smallest absolute Gasteiger partial charge is 0.327 e. The Balaban J connectivity index is 2.04. The van der Waals surface area contributed by atoms with Crippen molar-refractivity contribution in [2.45, 2.75) is 31.6 Å². The van der Waals surface area contributed by atoms with Crippen LogP contribution in [-0.4, -0.2) is 45.8 Å². The van der Waals surface area contributed by atoms with Gasteiger partial charge in [-0.15, -0.1) is 11.8 Å². The molecule has 0 aromatic heterocycles. The second kappa shape index (κ2) is 7.48. The molecule has 0 aliphatic carbocycles. The summed E-state index contributed by atoms with van der Waals surface area (Å²) in [6, 6.07) is 5.94. The fourth-order valence-electron chi connectivity index (χ4n) is 2.33. The van der Waals surface area contributed by atoms with Crippen LogP contribution < -0.4 is 10.2 Å². The van der Waals surface area contributed by atoms with Crippen LogP contribution >= 0.6 is 11.8 Å². The van der Waals surface area contributed by atoms with E-state index in [2.05, 4.69) is 5.32 Å². The first-order valence-corrected chi connectivity index (χ1v) is 8.39. The Hall–Kier alpha value is -2.35. The average Bonchev–Trinajstić information content (AvgIpc) is 2.78. The summed E-state index contributed by atoms with van der Waals surface area (Å²) in [7, 11) is 0. The lowest BCUT2D eigenvalue weighted by Gasteiger charge is -2.16. The largest absolute Gasteiger partial charge is 0.480 e. The summed E-state index contributed by atoms with van der Waals surface area (Å²) in [5.41, 5.74) is 1.53. The van der Waals surface area contributed by atoms with Crippen LogP contribution in [0.5, 0.6) is 0 Å². The number of nitrogens with zero attached hydrogens (tertiary/aromatic N) is 1. The van der Waals surface area contributed by atoms with Gasteiger partial charge >= 0.3 is 5.97 Å². The van der Waals surface area contributed by atoms with Crippen molar-refractivity contribution >= 4 is 41.1 Å². The Bertz CT molecular complexity index is 674. The molecule has 0 radical (unpaired) electrons. The molecule has 1 heterocycles. The molecular weight excluding hydrogens is 332 g/mol. The number of benzene rings is 1. The third kappa shape index (κ3) is 4.14. The van der Waals surface area contributed by atoms with Gasteiger partial charge in [0.1, 0.15) is 6.04 Å². The molecule has 7 nitrogen and oxygen atoms in total. The molecule has 8 heteroatoms. The van der Waals surface area contributed by atoms with E-state index in [1.165, 1.54) is 6.92 Å². The van der Waals surface area contributed by atoms with E-state index in [4.69, 9.17) is 5.11 Å². The first kappa shape index (κ1) is 18.0. The van der Waals surface area contributed by atoms with Gasteiger partial charge in [-0.05, 0) is 19.1 Å². The van der Waals surface area contributed by atoms with E-state index in [0.29, 0.717) is 5.69 Å². The van der Waals surface area contributed by atoms with Crippen molar-refractivity contribution in [1.29, 1.82) is 0 Å². The Labute approximate surface area is 143 Å². The Morgan fingerprint density at radius 3 is 2.50 bits per heavy atom. The number of carboxylic acid groups (broad SMARTS) is 1. The van der Waals surface area contributed by atoms with Crippen LogP contribution in [0.2, 0.25) is 0 Å². The van der Waals surface area contributed by atoms with Gasteiger partial charge in [0, 0.05) is 19.1 Å². The molecule has 1 aromatic carbocycles. The van der Waals surface area contributed by atoms with Crippen molar-refractivity contribution in [3.63, 3.8) is 0 Å². The van der Waals surface area contributed by atoms with E-state index < -0.39 is 23.2 Å². The monoisotopic (exact) mass is 350 g/mol. The Morgan fingerprint density at radius 2 is 1.96 bits per heavy atom. The molecule has 1 fully saturated rings. The first-order valence-electron chi connectivity index (χ1n) is 7.34. The molecule has 3 amide bonds. The zero-order valence-corrected chi connectivity index (χ0v) is 14.1. The van der Waals surface area contributed by atoms with Crippen LogP contribution in [0.15, 0.2) is 24.3 Å². The molecule has 2 rings (SSSR count).